The molecule has 2 N–H and O–H groups in total. The molecule has 0 saturated heterocycles. The second-order valence-electron chi connectivity index (χ2n) is 7.43. The predicted octanol–water partition coefficient (Wildman–Crippen LogP) is 6.13. The molecule has 0 bridgehead atoms. The number of nitrogens with one attached hydrogen (secondary N) is 2. The van der Waals surface area contributed by atoms with Gasteiger partial charge in [-0.25, -0.2) is 9.59 Å². The van der Waals surface area contributed by atoms with Gasteiger partial charge in [0.05, 0.1) is 31.6 Å². The van der Waals surface area contributed by atoms with Crippen molar-refractivity contribution in [3.8, 4) is 5.75 Å². The van der Waals surface area contributed by atoms with Crippen molar-refractivity contribution in [2.75, 3.05) is 31.0 Å². The molecule has 35 heavy (non-hydrogen) atoms. The van der Waals surface area contributed by atoms with Crippen LogP contribution < -0.4 is 15.4 Å². The van der Waals surface area contributed by atoms with Crippen molar-refractivity contribution in [1.29, 1.82) is 0 Å². The molecule has 0 unspecified atom stereocenters. The summed E-state index contributed by atoms with van der Waals surface area (Å²) in [6.45, 7) is 5.52. The molecule has 0 spiro atoms. The molecule has 0 aliphatic rings. The SMILES string of the molecule is CCOC(=O)c1sc(NC(=S)Nc2cc3oc4ccccc4c3cc2OC)c(C(=O)OCC)c1C. The van der Waals surface area contributed by atoms with E-state index in [1.165, 1.54) is 0 Å². The lowest BCUT2D eigenvalue weighted by Crippen LogP contribution is -2.20. The van der Waals surface area contributed by atoms with Crippen molar-refractivity contribution in [2.45, 2.75) is 20.8 Å². The summed E-state index contributed by atoms with van der Waals surface area (Å²) in [7, 11) is 1.57. The zero-order chi connectivity index (χ0) is 25.1. The quantitative estimate of drug-likeness (QED) is 0.224. The molecule has 2 aromatic carbocycles. The van der Waals surface area contributed by atoms with Crippen LogP contribution in [0.15, 0.2) is 40.8 Å². The Labute approximate surface area is 211 Å². The Hall–Kier alpha value is -3.63. The number of esters is 2. The minimum absolute atomic E-state index is 0.194. The number of carbonyl (C=O) groups is 2. The Morgan fingerprint density at radius 3 is 2.43 bits per heavy atom. The normalized spacial score (nSPS) is 10.9. The number of methoxy groups -OCH3 is 1. The number of fused-ring (bicyclic) bond motifs is 3. The maximum Gasteiger partial charge on any atom is 0.348 e. The number of carbonyl (C=O) groups excluding carboxylic acids is 2. The summed E-state index contributed by atoms with van der Waals surface area (Å²) in [4.78, 5) is 25.4. The number of benzene rings is 2. The minimum atomic E-state index is -0.552. The Morgan fingerprint density at radius 1 is 1.00 bits per heavy atom. The summed E-state index contributed by atoms with van der Waals surface area (Å²) < 4.78 is 21.9. The number of hydrogen-bond donors (Lipinski definition) is 2. The number of thiocarbonyl (C=S) groups is 1. The lowest BCUT2D eigenvalue weighted by Gasteiger charge is -2.14. The van der Waals surface area contributed by atoms with E-state index in [0.29, 0.717) is 32.5 Å². The van der Waals surface area contributed by atoms with Gasteiger partial charge in [-0.2, -0.15) is 0 Å². The summed E-state index contributed by atoms with van der Waals surface area (Å²) in [5.41, 5.74) is 2.72. The summed E-state index contributed by atoms with van der Waals surface area (Å²) >= 11 is 6.60. The fraction of sp³-hybridized carbons (Fsp3) is 0.240. The predicted molar refractivity (Wildman–Crippen MR) is 141 cm³/mol. The van der Waals surface area contributed by atoms with Crippen molar-refractivity contribution >= 4 is 73.2 Å². The number of para-hydroxylation sites is 1. The first-order valence-electron chi connectivity index (χ1n) is 10.9. The van der Waals surface area contributed by atoms with Crippen LogP contribution in [-0.4, -0.2) is 37.4 Å². The van der Waals surface area contributed by atoms with Crippen LogP contribution in [-0.2, 0) is 9.47 Å². The van der Waals surface area contributed by atoms with Gasteiger partial charge in [-0.3, -0.25) is 0 Å². The number of ether oxygens (including phenoxy) is 3. The average molecular weight is 513 g/mol. The van der Waals surface area contributed by atoms with Crippen LogP contribution in [0.4, 0.5) is 10.7 Å². The third kappa shape index (κ3) is 4.80. The maximum atomic E-state index is 12.6. The molecule has 0 radical (unpaired) electrons. The molecule has 0 atom stereocenters. The fourth-order valence-electron chi connectivity index (χ4n) is 3.72. The highest BCUT2D eigenvalue weighted by atomic mass is 32.1. The zero-order valence-electron chi connectivity index (χ0n) is 19.6. The first-order valence-corrected chi connectivity index (χ1v) is 12.1. The standard InChI is InChI=1S/C25H24N2O6S2/c1-5-31-23(28)20-13(3)21(24(29)32-6-2)35-22(20)27-25(34)26-16-12-18-15(11-19(16)30-4)14-9-7-8-10-17(14)33-18/h7-12H,5-6H2,1-4H3,(H2,26,27,34). The van der Waals surface area contributed by atoms with Crippen LogP contribution in [0.3, 0.4) is 0 Å². The molecular formula is C25H24N2O6S2. The zero-order valence-corrected chi connectivity index (χ0v) is 21.3. The monoisotopic (exact) mass is 512 g/mol. The molecule has 4 rings (SSSR count). The lowest BCUT2D eigenvalue weighted by molar-refractivity contribution is 0.0527. The van der Waals surface area contributed by atoms with E-state index in [2.05, 4.69) is 10.6 Å². The molecule has 10 heteroatoms. The van der Waals surface area contributed by atoms with E-state index >= 15 is 0 Å². The summed E-state index contributed by atoms with van der Waals surface area (Å²) in [5, 5.41) is 8.60. The first kappa shape index (κ1) is 24.5. The van der Waals surface area contributed by atoms with E-state index in [1.54, 1.807) is 33.9 Å². The lowest BCUT2D eigenvalue weighted by atomic mass is 10.1. The van der Waals surface area contributed by atoms with E-state index < -0.39 is 11.9 Å². The van der Waals surface area contributed by atoms with Gasteiger partial charge in [0.25, 0.3) is 0 Å². The van der Waals surface area contributed by atoms with Crippen LogP contribution in [0.2, 0.25) is 0 Å². The Kier molecular flexibility index (Phi) is 7.23. The number of thiophene rings is 1. The number of furan rings is 1. The third-order valence-corrected chi connectivity index (χ3v) is 6.65. The van der Waals surface area contributed by atoms with Gasteiger partial charge in [0.1, 0.15) is 26.8 Å². The maximum absolute atomic E-state index is 12.6. The molecule has 4 aromatic rings. The second-order valence-corrected chi connectivity index (χ2v) is 8.86. The number of hydrogen-bond acceptors (Lipinski definition) is 8. The van der Waals surface area contributed by atoms with Crippen molar-refractivity contribution in [3.05, 3.63) is 52.4 Å². The van der Waals surface area contributed by atoms with E-state index in [4.69, 9.17) is 30.8 Å². The van der Waals surface area contributed by atoms with Gasteiger partial charge in [-0.15, -0.1) is 11.3 Å². The molecule has 0 fully saturated rings. The van der Waals surface area contributed by atoms with Crippen LogP contribution in [0, 0.1) is 6.92 Å². The van der Waals surface area contributed by atoms with Crippen molar-refractivity contribution in [1.82, 2.24) is 0 Å². The van der Waals surface area contributed by atoms with Gasteiger partial charge >= 0.3 is 11.9 Å². The van der Waals surface area contributed by atoms with E-state index in [9.17, 15) is 9.59 Å². The smallest absolute Gasteiger partial charge is 0.348 e. The van der Waals surface area contributed by atoms with Crippen molar-refractivity contribution < 1.29 is 28.2 Å². The van der Waals surface area contributed by atoms with Gasteiger partial charge in [-0.05, 0) is 50.7 Å². The first-order chi connectivity index (χ1) is 16.9. The van der Waals surface area contributed by atoms with Crippen LogP contribution >= 0.6 is 23.6 Å². The van der Waals surface area contributed by atoms with Crippen LogP contribution in [0.1, 0.15) is 39.4 Å². The van der Waals surface area contributed by atoms with Crippen molar-refractivity contribution in [2.24, 2.45) is 0 Å². The summed E-state index contributed by atoms with van der Waals surface area (Å²) in [6.07, 6.45) is 0. The third-order valence-electron chi connectivity index (χ3n) is 5.26. The Bertz CT molecular complexity index is 1440. The Balaban J connectivity index is 1.66. The van der Waals surface area contributed by atoms with Crippen LogP contribution in [0.25, 0.3) is 21.9 Å². The van der Waals surface area contributed by atoms with Crippen molar-refractivity contribution in [3.63, 3.8) is 0 Å². The highest BCUT2D eigenvalue weighted by molar-refractivity contribution is 7.80. The molecule has 0 aliphatic carbocycles. The molecular weight excluding hydrogens is 488 g/mol. The summed E-state index contributed by atoms with van der Waals surface area (Å²) in [5.74, 6) is -0.499. The minimum Gasteiger partial charge on any atom is -0.495 e. The average Bonchev–Trinajstić information content (AvgIpc) is 3.35. The number of rotatable bonds is 7. The number of anilines is 2. The van der Waals surface area contributed by atoms with Gasteiger partial charge in [0, 0.05) is 16.8 Å². The van der Waals surface area contributed by atoms with Crippen LogP contribution in [0.5, 0.6) is 5.75 Å². The van der Waals surface area contributed by atoms with E-state index in [1.807, 2.05) is 30.3 Å². The molecule has 2 heterocycles. The highest BCUT2D eigenvalue weighted by Crippen LogP contribution is 2.37. The molecule has 182 valence electrons. The largest absolute Gasteiger partial charge is 0.495 e. The Morgan fingerprint density at radius 2 is 1.71 bits per heavy atom. The fourth-order valence-corrected chi connectivity index (χ4v) is 5.09. The molecule has 2 aromatic heterocycles. The molecule has 0 aliphatic heterocycles. The van der Waals surface area contributed by atoms with Gasteiger partial charge < -0.3 is 29.3 Å². The van der Waals surface area contributed by atoms with Gasteiger partial charge in [0.2, 0.25) is 0 Å². The highest BCUT2D eigenvalue weighted by Gasteiger charge is 2.27. The molecule has 8 nitrogen and oxygen atoms in total. The molecule has 0 saturated carbocycles. The molecule has 0 amide bonds. The van der Waals surface area contributed by atoms with E-state index in [-0.39, 0.29) is 23.9 Å². The summed E-state index contributed by atoms with van der Waals surface area (Å²) in [6, 6.07) is 11.4. The second kappa shape index (κ2) is 10.3. The van der Waals surface area contributed by atoms with Gasteiger partial charge in [-0.1, -0.05) is 18.2 Å². The topological polar surface area (TPSA) is 99.0 Å². The van der Waals surface area contributed by atoms with Gasteiger partial charge in [0.15, 0.2) is 5.11 Å². The van der Waals surface area contributed by atoms with E-state index in [0.717, 1.165) is 27.7 Å².